The summed E-state index contributed by atoms with van der Waals surface area (Å²) < 4.78 is 5.32. The molecule has 1 aromatic heterocycles. The second-order valence-electron chi connectivity index (χ2n) is 5.49. The number of hydrogen-bond donors (Lipinski definition) is 1. The highest BCUT2D eigenvalue weighted by atomic mass is 32.1. The van der Waals surface area contributed by atoms with Crippen molar-refractivity contribution >= 4 is 16.5 Å². The van der Waals surface area contributed by atoms with Crippen molar-refractivity contribution in [1.82, 2.24) is 9.88 Å². The van der Waals surface area contributed by atoms with Crippen LogP contribution in [0.5, 0.6) is 5.75 Å². The Labute approximate surface area is 129 Å². The van der Waals surface area contributed by atoms with Gasteiger partial charge in [0.1, 0.15) is 5.75 Å². The first-order chi connectivity index (χ1) is 10.2. The Morgan fingerprint density at radius 3 is 2.86 bits per heavy atom. The molecule has 0 aliphatic carbocycles. The molecule has 5 heteroatoms. The average Bonchev–Trinajstić information content (AvgIpc) is 2.93. The summed E-state index contributed by atoms with van der Waals surface area (Å²) in [5.41, 5.74) is 7.09. The van der Waals surface area contributed by atoms with Gasteiger partial charge < -0.3 is 10.5 Å². The number of anilines is 1. The lowest BCUT2D eigenvalue weighted by Gasteiger charge is -2.31. The summed E-state index contributed by atoms with van der Waals surface area (Å²) in [4.78, 5) is 7.87. The third-order valence-corrected chi connectivity index (χ3v) is 4.91. The molecule has 4 nitrogen and oxygen atoms in total. The molecule has 0 radical (unpaired) electrons. The molecule has 2 heterocycles. The van der Waals surface area contributed by atoms with Crippen LogP contribution in [-0.2, 0) is 6.54 Å². The minimum absolute atomic E-state index is 0.642. The van der Waals surface area contributed by atoms with Gasteiger partial charge in [0.25, 0.3) is 0 Å². The first-order valence-corrected chi connectivity index (χ1v) is 8.13. The molecule has 112 valence electrons. The van der Waals surface area contributed by atoms with E-state index >= 15 is 0 Å². The monoisotopic (exact) mass is 303 g/mol. The third kappa shape index (κ3) is 3.54. The molecule has 3 rings (SSSR count). The van der Waals surface area contributed by atoms with E-state index in [1.807, 2.05) is 12.3 Å². The summed E-state index contributed by atoms with van der Waals surface area (Å²) in [5.74, 6) is 1.60. The highest BCUT2D eigenvalue weighted by Gasteiger charge is 2.21. The molecule has 2 N–H and O–H groups in total. The number of rotatable bonds is 4. The predicted molar refractivity (Wildman–Crippen MR) is 86.8 cm³/mol. The lowest BCUT2D eigenvalue weighted by atomic mass is 9.89. The SMILES string of the molecule is COc1cccc(C2CCN(Cc3cnc(N)s3)CC2)c1. The van der Waals surface area contributed by atoms with Crippen molar-refractivity contribution in [3.63, 3.8) is 0 Å². The van der Waals surface area contributed by atoms with Gasteiger partial charge in [-0.3, -0.25) is 4.90 Å². The second-order valence-corrected chi connectivity index (χ2v) is 6.64. The molecule has 0 spiro atoms. The Kier molecular flexibility index (Phi) is 4.41. The van der Waals surface area contributed by atoms with Crippen LogP contribution >= 0.6 is 11.3 Å². The van der Waals surface area contributed by atoms with E-state index in [4.69, 9.17) is 10.5 Å². The van der Waals surface area contributed by atoms with E-state index in [2.05, 4.69) is 28.1 Å². The van der Waals surface area contributed by atoms with Gasteiger partial charge in [-0.25, -0.2) is 4.98 Å². The zero-order valence-electron chi connectivity index (χ0n) is 12.3. The van der Waals surface area contributed by atoms with E-state index < -0.39 is 0 Å². The number of methoxy groups -OCH3 is 1. The molecule has 1 aromatic carbocycles. The minimum atomic E-state index is 0.642. The van der Waals surface area contributed by atoms with E-state index in [1.165, 1.54) is 23.3 Å². The number of nitrogens with zero attached hydrogens (tertiary/aromatic N) is 2. The molecule has 0 atom stereocenters. The van der Waals surface area contributed by atoms with Crippen molar-refractivity contribution in [2.24, 2.45) is 0 Å². The maximum Gasteiger partial charge on any atom is 0.180 e. The normalized spacial score (nSPS) is 17.0. The Morgan fingerprint density at radius 1 is 1.38 bits per heavy atom. The van der Waals surface area contributed by atoms with Crippen LogP contribution in [0.4, 0.5) is 5.13 Å². The highest BCUT2D eigenvalue weighted by Crippen LogP contribution is 2.31. The topological polar surface area (TPSA) is 51.4 Å². The first-order valence-electron chi connectivity index (χ1n) is 7.31. The fourth-order valence-corrected chi connectivity index (χ4v) is 3.66. The van der Waals surface area contributed by atoms with Crippen LogP contribution in [0.1, 0.15) is 29.2 Å². The number of likely N-dealkylation sites (tertiary alicyclic amines) is 1. The van der Waals surface area contributed by atoms with Crippen molar-refractivity contribution in [2.75, 3.05) is 25.9 Å². The fourth-order valence-electron chi connectivity index (χ4n) is 2.94. The summed E-state index contributed by atoms with van der Waals surface area (Å²) >= 11 is 1.59. The fraction of sp³-hybridized carbons (Fsp3) is 0.438. The van der Waals surface area contributed by atoms with Crippen LogP contribution < -0.4 is 10.5 Å². The summed E-state index contributed by atoms with van der Waals surface area (Å²) in [7, 11) is 1.72. The summed E-state index contributed by atoms with van der Waals surface area (Å²) in [5, 5.41) is 0.663. The van der Waals surface area contributed by atoms with Crippen molar-refractivity contribution < 1.29 is 4.74 Å². The molecule has 1 aliphatic heterocycles. The van der Waals surface area contributed by atoms with Gasteiger partial charge in [0, 0.05) is 17.6 Å². The van der Waals surface area contributed by atoms with Crippen molar-refractivity contribution in [3.8, 4) is 5.75 Å². The molecule has 1 saturated heterocycles. The molecule has 0 saturated carbocycles. The molecule has 0 amide bonds. The Balaban J connectivity index is 1.57. The molecule has 2 aromatic rings. The summed E-state index contributed by atoms with van der Waals surface area (Å²) in [6, 6.07) is 8.48. The lowest BCUT2D eigenvalue weighted by molar-refractivity contribution is 0.206. The molecule has 1 fully saturated rings. The largest absolute Gasteiger partial charge is 0.497 e. The van der Waals surface area contributed by atoms with E-state index in [-0.39, 0.29) is 0 Å². The number of piperidine rings is 1. The van der Waals surface area contributed by atoms with Crippen LogP contribution in [-0.4, -0.2) is 30.1 Å². The number of thiazole rings is 1. The number of nitrogen functional groups attached to an aromatic ring is 1. The van der Waals surface area contributed by atoms with Crippen LogP contribution in [0.15, 0.2) is 30.5 Å². The molecule has 1 aliphatic rings. The maximum absolute atomic E-state index is 5.69. The maximum atomic E-state index is 5.69. The van der Waals surface area contributed by atoms with Crippen LogP contribution in [0.25, 0.3) is 0 Å². The third-order valence-electron chi connectivity index (χ3n) is 4.10. The number of nitrogens with two attached hydrogens (primary N) is 1. The zero-order chi connectivity index (χ0) is 14.7. The smallest absolute Gasteiger partial charge is 0.180 e. The van der Waals surface area contributed by atoms with E-state index in [0.717, 1.165) is 25.4 Å². The molecule has 0 bridgehead atoms. The van der Waals surface area contributed by atoms with Crippen molar-refractivity contribution in [2.45, 2.75) is 25.3 Å². The number of hydrogen-bond acceptors (Lipinski definition) is 5. The van der Waals surface area contributed by atoms with E-state index in [0.29, 0.717) is 11.0 Å². The van der Waals surface area contributed by atoms with E-state index in [9.17, 15) is 0 Å². The van der Waals surface area contributed by atoms with Crippen molar-refractivity contribution in [1.29, 1.82) is 0 Å². The molecular formula is C16H21N3OS. The standard InChI is InChI=1S/C16H21N3OS/c1-20-14-4-2-3-13(9-14)12-5-7-19(8-6-12)11-15-10-18-16(17)21-15/h2-4,9-10,12H,5-8,11H2,1H3,(H2,17,18). The number of benzene rings is 1. The van der Waals surface area contributed by atoms with Gasteiger partial charge >= 0.3 is 0 Å². The predicted octanol–water partition coefficient (Wildman–Crippen LogP) is 3.11. The number of aromatic nitrogens is 1. The van der Waals surface area contributed by atoms with Crippen molar-refractivity contribution in [3.05, 3.63) is 40.9 Å². The van der Waals surface area contributed by atoms with Gasteiger partial charge in [-0.15, -0.1) is 11.3 Å². The summed E-state index contributed by atoms with van der Waals surface area (Å²) in [6.07, 6.45) is 4.29. The molecular weight excluding hydrogens is 282 g/mol. The summed E-state index contributed by atoms with van der Waals surface area (Å²) in [6.45, 7) is 3.22. The highest BCUT2D eigenvalue weighted by molar-refractivity contribution is 7.15. The molecule has 0 unspecified atom stereocenters. The molecule has 21 heavy (non-hydrogen) atoms. The Hall–Kier alpha value is -1.59. The lowest BCUT2D eigenvalue weighted by Crippen LogP contribution is -2.32. The van der Waals surface area contributed by atoms with Gasteiger partial charge in [0.15, 0.2) is 5.13 Å². The Morgan fingerprint density at radius 2 is 2.19 bits per heavy atom. The first kappa shape index (κ1) is 14.4. The van der Waals surface area contributed by atoms with Gasteiger partial charge in [-0.1, -0.05) is 12.1 Å². The van der Waals surface area contributed by atoms with Crippen LogP contribution in [0, 0.1) is 0 Å². The average molecular weight is 303 g/mol. The van der Waals surface area contributed by atoms with Crippen LogP contribution in [0.3, 0.4) is 0 Å². The zero-order valence-corrected chi connectivity index (χ0v) is 13.1. The van der Waals surface area contributed by atoms with E-state index in [1.54, 1.807) is 18.4 Å². The van der Waals surface area contributed by atoms with Gasteiger partial charge in [-0.2, -0.15) is 0 Å². The van der Waals surface area contributed by atoms with Gasteiger partial charge in [0.2, 0.25) is 0 Å². The minimum Gasteiger partial charge on any atom is -0.497 e. The Bertz CT molecular complexity index is 591. The van der Waals surface area contributed by atoms with Gasteiger partial charge in [0.05, 0.1) is 7.11 Å². The second kappa shape index (κ2) is 6.45. The quantitative estimate of drug-likeness (QED) is 0.943. The number of ether oxygens (including phenoxy) is 1. The van der Waals surface area contributed by atoms with Crippen LogP contribution in [0.2, 0.25) is 0 Å². The van der Waals surface area contributed by atoms with Gasteiger partial charge in [-0.05, 0) is 49.5 Å².